The summed E-state index contributed by atoms with van der Waals surface area (Å²) in [6.07, 6.45) is 13.2. The van der Waals surface area contributed by atoms with E-state index in [-0.39, 0.29) is 34.6 Å². The summed E-state index contributed by atoms with van der Waals surface area (Å²) in [5.41, 5.74) is -0.741. The number of ether oxygens (including phenoxy) is 2. The molecular weight excluding hydrogens is 412 g/mol. The Kier molecular flexibility index (Phi) is 6.84. The van der Waals surface area contributed by atoms with Gasteiger partial charge in [0.25, 0.3) is 0 Å². The van der Waals surface area contributed by atoms with Crippen LogP contribution in [0.1, 0.15) is 125 Å². The Balaban J connectivity index is 1.37. The molecule has 2 atom stereocenters. The van der Waals surface area contributed by atoms with Crippen LogP contribution in [0, 0.1) is 28.6 Å². The largest absolute Gasteiger partial charge is 0.459 e. The van der Waals surface area contributed by atoms with Crippen molar-refractivity contribution in [2.45, 2.75) is 142 Å². The predicted octanol–water partition coefficient (Wildman–Crippen LogP) is 7.03. The quantitative estimate of drug-likeness (QED) is 0.347. The standard InChI is InChI=1S/C29H48O4/c1-7-26(3,4)18-24(30)22-9-11-23(12-10-22)32-28-14-20-13-21(15-28)17-29(16-20,19-28)33-25(31)27(5,6)8-2/h20-23H,7-19H2,1-6H3. The Morgan fingerprint density at radius 1 is 0.848 bits per heavy atom. The summed E-state index contributed by atoms with van der Waals surface area (Å²) in [7, 11) is 0. The average Bonchev–Trinajstić information content (AvgIpc) is 2.72. The van der Waals surface area contributed by atoms with Crippen molar-refractivity contribution in [3.63, 3.8) is 0 Å². The molecule has 0 aromatic carbocycles. The molecule has 0 spiro atoms. The molecule has 0 radical (unpaired) electrons. The van der Waals surface area contributed by atoms with Gasteiger partial charge in [-0.2, -0.15) is 0 Å². The van der Waals surface area contributed by atoms with E-state index in [0.717, 1.165) is 70.6 Å². The molecule has 0 amide bonds. The van der Waals surface area contributed by atoms with Crippen LogP contribution in [0.25, 0.3) is 0 Å². The molecule has 4 heteroatoms. The second-order valence-corrected chi connectivity index (χ2v) is 13.7. The summed E-state index contributed by atoms with van der Waals surface area (Å²) >= 11 is 0. The van der Waals surface area contributed by atoms with Crippen LogP contribution >= 0.6 is 0 Å². The highest BCUT2D eigenvalue weighted by molar-refractivity contribution is 5.81. The van der Waals surface area contributed by atoms with Crippen LogP contribution in [0.2, 0.25) is 0 Å². The number of esters is 1. The van der Waals surface area contributed by atoms with Crippen LogP contribution in [-0.2, 0) is 19.1 Å². The number of ketones is 1. The Bertz CT molecular complexity index is 729. The molecule has 0 N–H and O–H groups in total. The van der Waals surface area contributed by atoms with Crippen molar-refractivity contribution in [2.75, 3.05) is 0 Å². The lowest BCUT2D eigenvalue weighted by Gasteiger charge is -2.61. The lowest BCUT2D eigenvalue weighted by molar-refractivity contribution is -0.251. The minimum Gasteiger partial charge on any atom is -0.459 e. The molecule has 5 fully saturated rings. The van der Waals surface area contributed by atoms with E-state index in [4.69, 9.17) is 9.47 Å². The van der Waals surface area contributed by atoms with Gasteiger partial charge in [-0.15, -0.1) is 0 Å². The monoisotopic (exact) mass is 460 g/mol. The van der Waals surface area contributed by atoms with Crippen LogP contribution in [0.15, 0.2) is 0 Å². The first-order valence-corrected chi connectivity index (χ1v) is 13.8. The van der Waals surface area contributed by atoms with E-state index in [0.29, 0.717) is 24.0 Å². The molecule has 5 rings (SSSR count). The summed E-state index contributed by atoms with van der Waals surface area (Å²) in [6.45, 7) is 12.7. The van der Waals surface area contributed by atoms with Crippen molar-refractivity contribution < 1.29 is 19.1 Å². The van der Waals surface area contributed by atoms with Crippen LogP contribution in [0.3, 0.4) is 0 Å². The molecular formula is C29H48O4. The Hall–Kier alpha value is -0.900. The topological polar surface area (TPSA) is 52.6 Å². The van der Waals surface area contributed by atoms with Gasteiger partial charge in [-0.1, -0.05) is 34.1 Å². The lowest BCUT2D eigenvalue weighted by Crippen LogP contribution is -2.62. The number of rotatable bonds is 9. The normalized spacial score (nSPS) is 38.4. The molecule has 5 aliphatic carbocycles. The summed E-state index contributed by atoms with van der Waals surface area (Å²) in [6, 6.07) is 0. The molecule has 0 aromatic rings. The Morgan fingerprint density at radius 3 is 1.97 bits per heavy atom. The van der Waals surface area contributed by atoms with Crippen LogP contribution in [0.5, 0.6) is 0 Å². The molecule has 0 saturated heterocycles. The van der Waals surface area contributed by atoms with E-state index >= 15 is 0 Å². The lowest BCUT2D eigenvalue weighted by atomic mass is 9.52. The second kappa shape index (κ2) is 8.95. The fourth-order valence-corrected chi connectivity index (χ4v) is 7.43. The highest BCUT2D eigenvalue weighted by atomic mass is 16.6. The fourth-order valence-electron chi connectivity index (χ4n) is 7.43. The van der Waals surface area contributed by atoms with Crippen molar-refractivity contribution in [2.24, 2.45) is 28.6 Å². The number of Topliss-reactive ketones (excluding diaryl/α,β-unsaturated/α-hetero) is 1. The third-order valence-corrected chi connectivity index (χ3v) is 9.86. The van der Waals surface area contributed by atoms with E-state index in [1.54, 1.807) is 0 Å². The predicted molar refractivity (Wildman–Crippen MR) is 131 cm³/mol. The minimum absolute atomic E-state index is 0.0314. The van der Waals surface area contributed by atoms with Gasteiger partial charge in [0, 0.05) is 18.8 Å². The van der Waals surface area contributed by atoms with Gasteiger partial charge in [0.1, 0.15) is 11.4 Å². The van der Waals surface area contributed by atoms with Crippen molar-refractivity contribution >= 4 is 11.8 Å². The number of hydrogen-bond donors (Lipinski definition) is 0. The molecule has 5 saturated carbocycles. The molecule has 33 heavy (non-hydrogen) atoms. The van der Waals surface area contributed by atoms with Crippen molar-refractivity contribution in [1.82, 2.24) is 0 Å². The van der Waals surface area contributed by atoms with E-state index in [1.807, 2.05) is 13.8 Å². The number of carbonyl (C=O) groups excluding carboxylic acids is 2. The van der Waals surface area contributed by atoms with Crippen LogP contribution < -0.4 is 0 Å². The van der Waals surface area contributed by atoms with Gasteiger partial charge in [0.05, 0.1) is 17.1 Å². The number of carbonyl (C=O) groups is 2. The smallest absolute Gasteiger partial charge is 0.312 e. The van der Waals surface area contributed by atoms with Gasteiger partial charge in [0.2, 0.25) is 0 Å². The summed E-state index contributed by atoms with van der Waals surface area (Å²) in [5, 5.41) is 0. The van der Waals surface area contributed by atoms with E-state index in [2.05, 4.69) is 27.7 Å². The van der Waals surface area contributed by atoms with Crippen LogP contribution in [-0.4, -0.2) is 29.1 Å². The van der Waals surface area contributed by atoms with Gasteiger partial charge in [-0.25, -0.2) is 0 Å². The van der Waals surface area contributed by atoms with E-state index in [1.165, 1.54) is 6.42 Å². The van der Waals surface area contributed by atoms with Crippen molar-refractivity contribution in [3.05, 3.63) is 0 Å². The van der Waals surface area contributed by atoms with Gasteiger partial charge < -0.3 is 9.47 Å². The zero-order valence-electron chi connectivity index (χ0n) is 22.1. The first kappa shape index (κ1) is 25.2. The van der Waals surface area contributed by atoms with Gasteiger partial charge in [-0.05, 0) is 95.3 Å². The maximum Gasteiger partial charge on any atom is 0.312 e. The average molecular weight is 461 g/mol. The van der Waals surface area contributed by atoms with Crippen molar-refractivity contribution in [1.29, 1.82) is 0 Å². The molecule has 4 bridgehead atoms. The summed E-state index contributed by atoms with van der Waals surface area (Å²) in [5.74, 6) is 1.89. The first-order valence-electron chi connectivity index (χ1n) is 13.8. The Morgan fingerprint density at radius 2 is 1.42 bits per heavy atom. The number of hydrogen-bond acceptors (Lipinski definition) is 4. The van der Waals surface area contributed by atoms with Crippen LogP contribution in [0.4, 0.5) is 0 Å². The fraction of sp³-hybridized carbons (Fsp3) is 0.931. The SMILES string of the molecule is CCC(C)(C)CC(=O)C1CCC(OC23CC4CC(CC(OC(=O)C(C)(C)CC)(C4)C2)C3)CC1. The highest BCUT2D eigenvalue weighted by Gasteiger charge is 2.61. The Labute approximate surface area is 201 Å². The highest BCUT2D eigenvalue weighted by Crippen LogP contribution is 2.61. The maximum absolute atomic E-state index is 13.0. The van der Waals surface area contributed by atoms with Gasteiger partial charge in [0.15, 0.2) is 0 Å². The van der Waals surface area contributed by atoms with E-state index in [9.17, 15) is 9.59 Å². The second-order valence-electron chi connectivity index (χ2n) is 13.7. The summed E-state index contributed by atoms with van der Waals surface area (Å²) in [4.78, 5) is 25.9. The third-order valence-electron chi connectivity index (χ3n) is 9.86. The zero-order chi connectivity index (χ0) is 24.1. The molecule has 0 aliphatic heterocycles. The summed E-state index contributed by atoms with van der Waals surface area (Å²) < 4.78 is 13.3. The van der Waals surface area contributed by atoms with E-state index < -0.39 is 5.41 Å². The molecule has 188 valence electrons. The molecule has 0 aromatic heterocycles. The molecule has 0 heterocycles. The molecule has 4 nitrogen and oxygen atoms in total. The minimum atomic E-state index is -0.422. The zero-order valence-corrected chi connectivity index (χ0v) is 22.1. The first-order chi connectivity index (χ1) is 15.4. The molecule has 2 unspecified atom stereocenters. The van der Waals surface area contributed by atoms with Crippen molar-refractivity contribution in [3.8, 4) is 0 Å². The molecule has 5 aliphatic rings. The third kappa shape index (κ3) is 5.36. The van der Waals surface area contributed by atoms with Gasteiger partial charge >= 0.3 is 5.97 Å². The van der Waals surface area contributed by atoms with Gasteiger partial charge in [-0.3, -0.25) is 9.59 Å². The maximum atomic E-state index is 13.0.